The van der Waals surface area contributed by atoms with E-state index >= 15 is 0 Å². The molecule has 1 heteroatoms. The van der Waals surface area contributed by atoms with Gasteiger partial charge in [-0.2, -0.15) is 0 Å². The molecule has 0 aromatic rings. The van der Waals surface area contributed by atoms with Gasteiger partial charge in [0.05, 0.1) is 0 Å². The van der Waals surface area contributed by atoms with Crippen molar-refractivity contribution in [1.29, 1.82) is 0 Å². The summed E-state index contributed by atoms with van der Waals surface area (Å²) in [7, 11) is 0. The summed E-state index contributed by atoms with van der Waals surface area (Å²) in [5.41, 5.74) is 6.75. The van der Waals surface area contributed by atoms with Crippen molar-refractivity contribution in [2.45, 2.75) is 65.3 Å². The lowest BCUT2D eigenvalue weighted by atomic mass is 9.76. The smallest absolute Gasteiger partial charge is 0.00722 e. The highest BCUT2D eigenvalue weighted by Gasteiger charge is 2.37. The minimum atomic E-state index is 0.456. The van der Waals surface area contributed by atoms with Crippen LogP contribution in [0.25, 0.3) is 0 Å². The van der Waals surface area contributed by atoms with E-state index in [1.165, 1.54) is 38.5 Å². The van der Waals surface area contributed by atoms with Crippen LogP contribution in [-0.2, 0) is 0 Å². The van der Waals surface area contributed by atoms with Gasteiger partial charge in [-0.25, -0.2) is 0 Å². The summed E-state index contributed by atoms with van der Waals surface area (Å²) in [5, 5.41) is 0. The lowest BCUT2D eigenvalue weighted by Crippen LogP contribution is -2.36. The van der Waals surface area contributed by atoms with Gasteiger partial charge >= 0.3 is 0 Å². The molecule has 78 valence electrons. The van der Waals surface area contributed by atoms with Crippen molar-refractivity contribution in [2.75, 3.05) is 0 Å². The number of rotatable bonds is 4. The molecule has 0 saturated heterocycles. The van der Waals surface area contributed by atoms with E-state index in [-0.39, 0.29) is 0 Å². The fourth-order valence-electron chi connectivity index (χ4n) is 2.79. The van der Waals surface area contributed by atoms with Crippen LogP contribution >= 0.6 is 0 Å². The first kappa shape index (κ1) is 11.0. The van der Waals surface area contributed by atoms with Crippen LogP contribution in [-0.4, -0.2) is 6.04 Å². The Bertz CT molecular complexity index is 151. The molecule has 0 heterocycles. The molecule has 2 N–H and O–H groups in total. The summed E-state index contributed by atoms with van der Waals surface area (Å²) in [4.78, 5) is 0. The van der Waals surface area contributed by atoms with Gasteiger partial charge in [-0.15, -0.1) is 0 Å². The third kappa shape index (κ3) is 2.70. The van der Waals surface area contributed by atoms with Crippen molar-refractivity contribution < 1.29 is 0 Å². The van der Waals surface area contributed by atoms with Gasteiger partial charge in [0.15, 0.2) is 0 Å². The maximum absolute atomic E-state index is 6.24. The Morgan fingerprint density at radius 3 is 2.62 bits per heavy atom. The number of hydrogen-bond donors (Lipinski definition) is 1. The van der Waals surface area contributed by atoms with E-state index in [1.54, 1.807) is 0 Å². The zero-order chi connectivity index (χ0) is 9.90. The van der Waals surface area contributed by atoms with Gasteiger partial charge in [0, 0.05) is 6.04 Å². The third-order valence-corrected chi connectivity index (χ3v) is 3.75. The zero-order valence-corrected chi connectivity index (χ0v) is 9.47. The molecule has 1 fully saturated rings. The highest BCUT2D eigenvalue weighted by Crippen LogP contribution is 2.44. The molecule has 1 aliphatic rings. The zero-order valence-electron chi connectivity index (χ0n) is 9.47. The van der Waals surface area contributed by atoms with Crippen LogP contribution in [0, 0.1) is 11.3 Å². The van der Waals surface area contributed by atoms with Crippen LogP contribution in [0.3, 0.4) is 0 Å². The van der Waals surface area contributed by atoms with Crippen molar-refractivity contribution in [3.63, 3.8) is 0 Å². The minimum absolute atomic E-state index is 0.456. The van der Waals surface area contributed by atoms with Gasteiger partial charge < -0.3 is 5.73 Å². The summed E-state index contributed by atoms with van der Waals surface area (Å²) in [6, 6.07) is 0.456. The molecule has 0 aromatic heterocycles. The third-order valence-electron chi connectivity index (χ3n) is 3.75. The first-order valence-electron chi connectivity index (χ1n) is 5.83. The molecule has 13 heavy (non-hydrogen) atoms. The molecular weight excluding hydrogens is 158 g/mol. The maximum atomic E-state index is 6.24. The van der Waals surface area contributed by atoms with Gasteiger partial charge in [-0.1, -0.05) is 40.0 Å². The molecule has 1 rings (SSSR count). The predicted octanol–water partition coefficient (Wildman–Crippen LogP) is 3.33. The van der Waals surface area contributed by atoms with Crippen LogP contribution in [0.1, 0.15) is 59.3 Å². The summed E-state index contributed by atoms with van der Waals surface area (Å²) in [6.45, 7) is 7.01. The summed E-state index contributed by atoms with van der Waals surface area (Å²) < 4.78 is 0. The van der Waals surface area contributed by atoms with Gasteiger partial charge in [-0.05, 0) is 30.6 Å². The van der Waals surface area contributed by atoms with Crippen molar-refractivity contribution in [3.8, 4) is 0 Å². The Kier molecular flexibility index (Phi) is 3.78. The molecule has 0 radical (unpaired) electrons. The van der Waals surface area contributed by atoms with Crippen LogP contribution in [0.5, 0.6) is 0 Å². The Hall–Kier alpha value is -0.0400. The molecule has 1 aliphatic carbocycles. The number of unbranched alkanes of at least 4 members (excludes halogenated alkanes) is 1. The van der Waals surface area contributed by atoms with Crippen LogP contribution in [0.2, 0.25) is 0 Å². The molecule has 1 nitrogen and oxygen atoms in total. The first-order valence-corrected chi connectivity index (χ1v) is 5.83. The van der Waals surface area contributed by atoms with Gasteiger partial charge in [-0.3, -0.25) is 0 Å². The van der Waals surface area contributed by atoms with Crippen LogP contribution in [0.4, 0.5) is 0 Å². The predicted molar refractivity (Wildman–Crippen MR) is 58.6 cm³/mol. The average Bonchev–Trinajstić information content (AvgIpc) is 2.41. The molecule has 2 unspecified atom stereocenters. The molecule has 0 amide bonds. The molecule has 0 aromatic carbocycles. The molecular formula is C12H25N. The number of hydrogen-bond acceptors (Lipinski definition) is 1. The van der Waals surface area contributed by atoms with Crippen molar-refractivity contribution in [1.82, 2.24) is 0 Å². The average molecular weight is 183 g/mol. The summed E-state index contributed by atoms with van der Waals surface area (Å²) in [5.74, 6) is 0.777. The largest absolute Gasteiger partial charge is 0.327 e. The fraction of sp³-hybridized carbons (Fsp3) is 1.00. The highest BCUT2D eigenvalue weighted by molar-refractivity contribution is 4.90. The highest BCUT2D eigenvalue weighted by atomic mass is 14.7. The standard InChI is InChI=1S/C12H25N/c1-4-5-8-11(13)10-7-6-9-12(10,2)3/h10-11H,4-9,13H2,1-3H3. The second kappa shape index (κ2) is 4.45. The number of nitrogens with two attached hydrogens (primary N) is 1. The lowest BCUT2D eigenvalue weighted by Gasteiger charge is -2.32. The second-order valence-electron chi connectivity index (χ2n) is 5.29. The molecule has 0 bridgehead atoms. The van der Waals surface area contributed by atoms with Gasteiger partial charge in [0.25, 0.3) is 0 Å². The minimum Gasteiger partial charge on any atom is -0.327 e. The summed E-state index contributed by atoms with van der Waals surface area (Å²) >= 11 is 0. The Morgan fingerprint density at radius 1 is 1.46 bits per heavy atom. The van der Waals surface area contributed by atoms with E-state index in [2.05, 4.69) is 20.8 Å². The van der Waals surface area contributed by atoms with E-state index < -0.39 is 0 Å². The normalized spacial score (nSPS) is 29.1. The fourth-order valence-corrected chi connectivity index (χ4v) is 2.79. The first-order chi connectivity index (χ1) is 6.08. The summed E-state index contributed by atoms with van der Waals surface area (Å²) in [6.07, 6.45) is 7.92. The molecule has 1 saturated carbocycles. The monoisotopic (exact) mass is 183 g/mol. The van der Waals surface area contributed by atoms with Crippen LogP contribution < -0.4 is 5.73 Å². The van der Waals surface area contributed by atoms with E-state index in [1.807, 2.05) is 0 Å². The molecule has 0 aliphatic heterocycles. The van der Waals surface area contributed by atoms with Crippen molar-refractivity contribution in [3.05, 3.63) is 0 Å². The van der Waals surface area contributed by atoms with E-state index in [9.17, 15) is 0 Å². The van der Waals surface area contributed by atoms with E-state index in [0.717, 1.165) is 5.92 Å². The Labute approximate surface area is 83.1 Å². The molecule has 2 atom stereocenters. The van der Waals surface area contributed by atoms with Crippen LogP contribution in [0.15, 0.2) is 0 Å². The Balaban J connectivity index is 2.41. The van der Waals surface area contributed by atoms with E-state index in [0.29, 0.717) is 11.5 Å². The Morgan fingerprint density at radius 2 is 2.15 bits per heavy atom. The second-order valence-corrected chi connectivity index (χ2v) is 5.29. The van der Waals surface area contributed by atoms with Crippen molar-refractivity contribution in [2.24, 2.45) is 17.1 Å². The van der Waals surface area contributed by atoms with Gasteiger partial charge in [0.1, 0.15) is 0 Å². The lowest BCUT2D eigenvalue weighted by molar-refractivity contribution is 0.212. The quantitative estimate of drug-likeness (QED) is 0.711. The topological polar surface area (TPSA) is 26.0 Å². The van der Waals surface area contributed by atoms with Crippen molar-refractivity contribution >= 4 is 0 Å². The van der Waals surface area contributed by atoms with Gasteiger partial charge in [0.2, 0.25) is 0 Å². The van der Waals surface area contributed by atoms with E-state index in [4.69, 9.17) is 5.73 Å². The SMILES string of the molecule is CCCCC(N)C1CCCC1(C)C. The molecule has 0 spiro atoms. The maximum Gasteiger partial charge on any atom is 0.00722 e.